The number of halogens is 1. The molecule has 1 aliphatic carbocycles. The molecule has 142 valence electrons. The second-order valence-electron chi connectivity index (χ2n) is 6.51. The van der Waals surface area contributed by atoms with E-state index in [0.29, 0.717) is 18.6 Å². The van der Waals surface area contributed by atoms with Gasteiger partial charge >= 0.3 is 11.9 Å². The van der Waals surface area contributed by atoms with Crippen molar-refractivity contribution in [3.05, 3.63) is 23.2 Å². The van der Waals surface area contributed by atoms with Crippen LogP contribution in [0.4, 0.5) is 0 Å². The van der Waals surface area contributed by atoms with Gasteiger partial charge in [0.2, 0.25) is 0 Å². The van der Waals surface area contributed by atoms with E-state index >= 15 is 0 Å². The molecule has 0 heterocycles. The molecule has 0 radical (unpaired) electrons. The topological polar surface area (TPSA) is 52.6 Å². The summed E-state index contributed by atoms with van der Waals surface area (Å²) in [4.78, 5) is 22.4. The molecule has 25 heavy (non-hydrogen) atoms. The predicted molar refractivity (Wildman–Crippen MR) is 103 cm³/mol. The zero-order valence-corrected chi connectivity index (χ0v) is 17.2. The number of alkyl halides is 1. The SMILES string of the molecule is CC(=O)OC1=CC(CCCCCCCCCCBr)=C(OC(C)=O)CC1. The summed E-state index contributed by atoms with van der Waals surface area (Å²) in [5.74, 6) is 0.810. The highest BCUT2D eigenvalue weighted by Crippen LogP contribution is 2.29. The molecule has 0 bridgehead atoms. The molecule has 0 saturated heterocycles. The number of rotatable bonds is 12. The van der Waals surface area contributed by atoms with Gasteiger partial charge in [-0.3, -0.25) is 9.59 Å². The molecule has 0 aromatic carbocycles. The molecule has 0 spiro atoms. The van der Waals surface area contributed by atoms with Crippen LogP contribution in [0.1, 0.15) is 84.5 Å². The maximum absolute atomic E-state index is 11.3. The zero-order chi connectivity index (χ0) is 18.5. The van der Waals surface area contributed by atoms with Crippen LogP contribution in [-0.2, 0) is 19.1 Å². The summed E-state index contributed by atoms with van der Waals surface area (Å²) < 4.78 is 10.6. The quantitative estimate of drug-likeness (QED) is 0.225. The van der Waals surface area contributed by atoms with Crippen LogP contribution in [0.25, 0.3) is 0 Å². The Morgan fingerprint density at radius 2 is 1.44 bits per heavy atom. The first-order chi connectivity index (χ1) is 12.0. The second kappa shape index (κ2) is 13.2. The van der Waals surface area contributed by atoms with Crippen molar-refractivity contribution in [1.82, 2.24) is 0 Å². The van der Waals surface area contributed by atoms with Crippen molar-refractivity contribution in [2.45, 2.75) is 84.5 Å². The van der Waals surface area contributed by atoms with Crippen molar-refractivity contribution in [2.24, 2.45) is 0 Å². The molecule has 5 heteroatoms. The lowest BCUT2D eigenvalue weighted by Gasteiger charge is -2.19. The average Bonchev–Trinajstić information content (AvgIpc) is 2.54. The molecule has 0 N–H and O–H groups in total. The van der Waals surface area contributed by atoms with Crippen LogP contribution in [0.2, 0.25) is 0 Å². The third-order valence-corrected chi connectivity index (χ3v) is 4.72. The Morgan fingerprint density at radius 1 is 0.880 bits per heavy atom. The van der Waals surface area contributed by atoms with Crippen molar-refractivity contribution >= 4 is 27.9 Å². The number of esters is 2. The molecular formula is C20H31BrO4. The minimum Gasteiger partial charge on any atom is -0.431 e. The maximum atomic E-state index is 11.3. The first-order valence-corrected chi connectivity index (χ1v) is 10.5. The summed E-state index contributed by atoms with van der Waals surface area (Å²) in [7, 11) is 0. The monoisotopic (exact) mass is 414 g/mol. The van der Waals surface area contributed by atoms with E-state index in [0.717, 1.165) is 29.5 Å². The Hall–Kier alpha value is -1.10. The fourth-order valence-corrected chi connectivity index (χ4v) is 3.38. The highest BCUT2D eigenvalue weighted by atomic mass is 79.9. The van der Waals surface area contributed by atoms with Crippen LogP contribution < -0.4 is 0 Å². The number of ether oxygens (including phenoxy) is 2. The lowest BCUT2D eigenvalue weighted by atomic mass is 9.97. The highest BCUT2D eigenvalue weighted by Gasteiger charge is 2.18. The summed E-state index contributed by atoms with van der Waals surface area (Å²) in [6.45, 7) is 2.83. The van der Waals surface area contributed by atoms with Gasteiger partial charge in [0.05, 0.1) is 0 Å². The lowest BCUT2D eigenvalue weighted by molar-refractivity contribution is -0.139. The molecule has 0 amide bonds. The van der Waals surface area contributed by atoms with Gasteiger partial charge in [0.1, 0.15) is 11.5 Å². The van der Waals surface area contributed by atoms with E-state index in [1.165, 1.54) is 58.8 Å². The standard InChI is InChI=1S/C20H31BrO4/c1-16(22)24-19-12-13-20(25-17(2)23)18(15-19)11-9-7-5-3-4-6-8-10-14-21/h15H,3-14H2,1-2H3. The van der Waals surface area contributed by atoms with Crippen molar-refractivity contribution in [2.75, 3.05) is 5.33 Å². The molecule has 0 aliphatic heterocycles. The van der Waals surface area contributed by atoms with Crippen LogP contribution in [0.5, 0.6) is 0 Å². The van der Waals surface area contributed by atoms with Gasteiger partial charge in [0, 0.05) is 32.0 Å². The van der Waals surface area contributed by atoms with Gasteiger partial charge in [-0.1, -0.05) is 54.5 Å². The fraction of sp³-hybridized carbons (Fsp3) is 0.700. The number of hydrogen-bond acceptors (Lipinski definition) is 4. The number of hydrogen-bond donors (Lipinski definition) is 0. The third kappa shape index (κ3) is 10.5. The fourth-order valence-electron chi connectivity index (χ4n) is 2.98. The first-order valence-electron chi connectivity index (χ1n) is 9.38. The molecule has 0 aromatic rings. The van der Waals surface area contributed by atoms with Crippen LogP contribution >= 0.6 is 15.9 Å². The molecule has 0 atom stereocenters. The molecule has 0 fully saturated rings. The minimum absolute atomic E-state index is 0.291. The van der Waals surface area contributed by atoms with Gasteiger partial charge in [0.15, 0.2) is 0 Å². The van der Waals surface area contributed by atoms with E-state index in [9.17, 15) is 9.59 Å². The Labute approximate surface area is 160 Å². The van der Waals surface area contributed by atoms with Crippen molar-refractivity contribution in [3.8, 4) is 0 Å². The number of carbonyl (C=O) groups is 2. The van der Waals surface area contributed by atoms with Gasteiger partial charge < -0.3 is 9.47 Å². The predicted octanol–water partition coefficient (Wildman–Crippen LogP) is 5.95. The summed E-state index contributed by atoms with van der Waals surface area (Å²) in [5.41, 5.74) is 0.995. The van der Waals surface area contributed by atoms with Crippen molar-refractivity contribution in [1.29, 1.82) is 0 Å². The second-order valence-corrected chi connectivity index (χ2v) is 7.31. The molecule has 0 aromatic heterocycles. The van der Waals surface area contributed by atoms with E-state index in [1.54, 1.807) is 0 Å². The van der Waals surface area contributed by atoms with Crippen LogP contribution in [0, 0.1) is 0 Å². The van der Waals surface area contributed by atoms with Gasteiger partial charge in [-0.05, 0) is 30.9 Å². The first kappa shape index (κ1) is 21.9. The van der Waals surface area contributed by atoms with E-state index in [1.807, 2.05) is 6.08 Å². The zero-order valence-electron chi connectivity index (χ0n) is 15.6. The Bertz CT molecular complexity index is 494. The van der Waals surface area contributed by atoms with Crippen LogP contribution in [0.15, 0.2) is 23.2 Å². The van der Waals surface area contributed by atoms with Gasteiger partial charge in [-0.2, -0.15) is 0 Å². The largest absolute Gasteiger partial charge is 0.431 e. The molecule has 4 nitrogen and oxygen atoms in total. The molecular weight excluding hydrogens is 384 g/mol. The number of carbonyl (C=O) groups excluding carboxylic acids is 2. The summed E-state index contributed by atoms with van der Waals surface area (Å²) in [6.07, 6.45) is 13.9. The number of unbranched alkanes of at least 4 members (excludes halogenated alkanes) is 7. The molecule has 1 rings (SSSR count). The van der Waals surface area contributed by atoms with E-state index in [-0.39, 0.29) is 11.9 Å². The van der Waals surface area contributed by atoms with E-state index in [2.05, 4.69) is 15.9 Å². The molecule has 1 aliphatic rings. The minimum atomic E-state index is -0.304. The molecule has 0 saturated carbocycles. The number of allylic oxidation sites excluding steroid dienone is 4. The van der Waals surface area contributed by atoms with Gasteiger partial charge in [-0.25, -0.2) is 0 Å². The Morgan fingerprint density at radius 3 is 2.00 bits per heavy atom. The van der Waals surface area contributed by atoms with Gasteiger partial charge in [-0.15, -0.1) is 0 Å². The van der Waals surface area contributed by atoms with Crippen molar-refractivity contribution < 1.29 is 19.1 Å². The Kier molecular flexibility index (Phi) is 11.5. The average molecular weight is 415 g/mol. The maximum Gasteiger partial charge on any atom is 0.307 e. The van der Waals surface area contributed by atoms with Gasteiger partial charge in [0.25, 0.3) is 0 Å². The van der Waals surface area contributed by atoms with Crippen LogP contribution in [0.3, 0.4) is 0 Å². The van der Waals surface area contributed by atoms with E-state index in [4.69, 9.17) is 9.47 Å². The van der Waals surface area contributed by atoms with Crippen LogP contribution in [-0.4, -0.2) is 17.3 Å². The third-order valence-electron chi connectivity index (χ3n) is 4.16. The molecule has 0 unspecified atom stereocenters. The smallest absolute Gasteiger partial charge is 0.307 e. The van der Waals surface area contributed by atoms with Crippen molar-refractivity contribution in [3.63, 3.8) is 0 Å². The normalized spacial score (nSPS) is 14.3. The lowest BCUT2D eigenvalue weighted by Crippen LogP contribution is -2.09. The summed E-state index contributed by atoms with van der Waals surface area (Å²) in [6, 6.07) is 0. The highest BCUT2D eigenvalue weighted by molar-refractivity contribution is 9.09. The summed E-state index contributed by atoms with van der Waals surface area (Å²) in [5, 5.41) is 1.11. The Balaban J connectivity index is 2.39. The summed E-state index contributed by atoms with van der Waals surface area (Å²) >= 11 is 3.46. The van der Waals surface area contributed by atoms with E-state index < -0.39 is 0 Å².